The number of hydrogen-bond acceptors (Lipinski definition) is 10. The fourth-order valence-electron chi connectivity index (χ4n) is 10.1. The molecule has 84 heavy (non-hydrogen) atoms. The number of hydrogen-bond donors (Lipinski definition) is 2. The van der Waals surface area contributed by atoms with Crippen molar-refractivity contribution in [1.29, 1.82) is 0 Å². The van der Waals surface area contributed by atoms with Crippen LogP contribution in [0.1, 0.15) is 99.8 Å². The molecule has 9 rings (SSSR count). The highest BCUT2D eigenvalue weighted by Gasteiger charge is 2.20. The minimum Gasteiger partial charge on any atom is -0.494 e. The van der Waals surface area contributed by atoms with Crippen LogP contribution in [0.15, 0.2) is 142 Å². The lowest BCUT2D eigenvalue weighted by Gasteiger charge is -2.10. The van der Waals surface area contributed by atoms with Crippen LogP contribution in [0.5, 0.6) is 23.0 Å². The van der Waals surface area contributed by atoms with Gasteiger partial charge in [0, 0.05) is 90.1 Å². The van der Waals surface area contributed by atoms with Gasteiger partial charge in [-0.1, -0.05) is 69.0 Å². The predicted molar refractivity (Wildman–Crippen MR) is 334 cm³/mol. The molecule has 2 aliphatic heterocycles. The van der Waals surface area contributed by atoms with E-state index in [1.807, 2.05) is 48.5 Å². The van der Waals surface area contributed by atoms with Gasteiger partial charge in [0.05, 0.1) is 49.2 Å². The van der Waals surface area contributed by atoms with Crippen LogP contribution < -0.4 is 18.9 Å². The normalized spacial score (nSPS) is 11.2. The average Bonchev–Trinajstić information content (AvgIpc) is 3.21. The Hall–Kier alpha value is -10.1. The first kappa shape index (κ1) is 58.6. The summed E-state index contributed by atoms with van der Waals surface area (Å²) in [6.07, 6.45) is 18.5. The number of ether oxygens (including phenoxy) is 4. The molecule has 0 radical (unpaired) electrons. The summed E-state index contributed by atoms with van der Waals surface area (Å²) >= 11 is 0. The number of aromatic amines is 2. The van der Waals surface area contributed by atoms with Crippen LogP contribution in [-0.4, -0.2) is 72.5 Å². The van der Waals surface area contributed by atoms with Crippen LogP contribution in [0.4, 0.5) is 0 Å². The van der Waals surface area contributed by atoms with Gasteiger partial charge < -0.3 is 28.9 Å². The van der Waals surface area contributed by atoms with Crippen molar-refractivity contribution in [2.24, 2.45) is 20.5 Å². The molecule has 0 amide bonds. The largest absolute Gasteiger partial charge is 0.494 e. The number of aromatic nitrogens is 4. The standard InChI is InChI=1S/C64H66N16O4/c65-77-69-37-5-1-9-41-81-49-21-13-45(14-22-49)61-53-29-31-55(73-53)62(46-15-23-50(24-16-46)82-42-10-2-6-38-70-78-66)57-33-35-59(75-57)64(48-19-27-52(28-20-48)84-44-12-4-8-40-72-80-68)60-36-34-58(76-60)63(56-32-30-54(61)74-56)47-17-25-51(26-18-47)83-43-11-3-7-39-71-79-67/h13-36,73,76H,1-12,37-44H2. The molecule has 0 spiro atoms. The van der Waals surface area contributed by atoms with Crippen LogP contribution in [0.2, 0.25) is 0 Å². The lowest BCUT2D eigenvalue weighted by Crippen LogP contribution is -1.98. The quantitative estimate of drug-likeness (QED) is 0.0179. The van der Waals surface area contributed by atoms with E-state index in [1.54, 1.807) is 0 Å². The van der Waals surface area contributed by atoms with Gasteiger partial charge in [-0.25, -0.2) is 9.97 Å². The topological polar surface area (TPSA) is 289 Å². The molecule has 3 aromatic heterocycles. The van der Waals surface area contributed by atoms with E-state index in [0.29, 0.717) is 52.6 Å². The van der Waals surface area contributed by atoms with Crippen molar-refractivity contribution in [3.8, 4) is 67.5 Å². The highest BCUT2D eigenvalue weighted by atomic mass is 16.5. The molecule has 0 atom stereocenters. The van der Waals surface area contributed by atoms with Crippen molar-refractivity contribution >= 4 is 46.4 Å². The number of benzene rings is 4. The van der Waals surface area contributed by atoms with Gasteiger partial charge >= 0.3 is 0 Å². The molecule has 7 aromatic rings. The van der Waals surface area contributed by atoms with Crippen molar-refractivity contribution in [2.75, 3.05) is 52.6 Å². The monoisotopic (exact) mass is 1120 g/mol. The molecule has 20 nitrogen and oxygen atoms in total. The van der Waals surface area contributed by atoms with Crippen LogP contribution >= 0.6 is 0 Å². The van der Waals surface area contributed by atoms with Crippen molar-refractivity contribution in [3.05, 3.63) is 186 Å². The van der Waals surface area contributed by atoms with E-state index in [4.69, 9.17) is 51.0 Å². The Morgan fingerprint density at radius 2 is 0.524 bits per heavy atom. The van der Waals surface area contributed by atoms with E-state index < -0.39 is 0 Å². The van der Waals surface area contributed by atoms with Gasteiger partial charge in [-0.3, -0.25) is 0 Å². The number of unbranched alkanes of at least 4 members (excludes halogenated alkanes) is 8. The number of azide groups is 4. The average molecular weight is 1120 g/mol. The second kappa shape index (κ2) is 31.2. The molecule has 0 saturated carbocycles. The van der Waals surface area contributed by atoms with Crippen molar-refractivity contribution in [3.63, 3.8) is 0 Å². The minimum atomic E-state index is 0.476. The smallest absolute Gasteiger partial charge is 0.119 e. The fourth-order valence-corrected chi connectivity index (χ4v) is 10.1. The lowest BCUT2D eigenvalue weighted by atomic mass is 10.0. The minimum absolute atomic E-state index is 0.476. The van der Waals surface area contributed by atoms with Gasteiger partial charge in [-0.05, 0) is 219 Å². The van der Waals surface area contributed by atoms with Crippen molar-refractivity contribution in [1.82, 2.24) is 19.9 Å². The molecule has 5 heterocycles. The Balaban J connectivity index is 1.17. The van der Waals surface area contributed by atoms with Crippen LogP contribution in [-0.2, 0) is 0 Å². The summed E-state index contributed by atoms with van der Waals surface area (Å²) in [7, 11) is 0. The fraction of sp³-hybridized carbons (Fsp3) is 0.312. The third-order valence-corrected chi connectivity index (χ3v) is 14.3. The van der Waals surface area contributed by atoms with Gasteiger partial charge in [-0.2, -0.15) is 0 Å². The molecule has 0 unspecified atom stereocenters. The summed E-state index contributed by atoms with van der Waals surface area (Å²) < 4.78 is 24.7. The van der Waals surface area contributed by atoms with Crippen molar-refractivity contribution < 1.29 is 18.9 Å². The van der Waals surface area contributed by atoms with E-state index in [0.717, 1.165) is 189 Å². The molecule has 4 aromatic carbocycles. The summed E-state index contributed by atoms with van der Waals surface area (Å²) in [6, 6.07) is 40.9. The number of fused-ring (bicyclic) bond motifs is 8. The molecule has 2 N–H and O–H groups in total. The molecule has 0 fully saturated rings. The predicted octanol–water partition coefficient (Wildman–Crippen LogP) is 18.8. The first-order valence-corrected chi connectivity index (χ1v) is 28.7. The van der Waals surface area contributed by atoms with E-state index in [2.05, 4.69) is 147 Å². The summed E-state index contributed by atoms with van der Waals surface area (Å²) in [5, 5.41) is 14.6. The van der Waals surface area contributed by atoms with E-state index in [1.165, 1.54) is 0 Å². The zero-order valence-electron chi connectivity index (χ0n) is 46.9. The third kappa shape index (κ3) is 16.1. The third-order valence-electron chi connectivity index (χ3n) is 14.3. The highest BCUT2D eigenvalue weighted by molar-refractivity contribution is 6.00. The Morgan fingerprint density at radius 3 is 0.738 bits per heavy atom. The van der Waals surface area contributed by atoms with Crippen LogP contribution in [0.3, 0.4) is 0 Å². The molecule has 8 bridgehead atoms. The zero-order chi connectivity index (χ0) is 58.0. The van der Waals surface area contributed by atoms with Gasteiger partial charge in [0.15, 0.2) is 0 Å². The molecule has 426 valence electrons. The number of nitrogens with one attached hydrogen (secondary N) is 2. The number of nitrogens with zero attached hydrogens (tertiary/aromatic N) is 14. The Morgan fingerprint density at radius 1 is 0.298 bits per heavy atom. The van der Waals surface area contributed by atoms with Gasteiger partial charge in [0.2, 0.25) is 0 Å². The maximum absolute atomic E-state index is 8.65. The van der Waals surface area contributed by atoms with E-state index in [9.17, 15) is 0 Å². The first-order chi connectivity index (χ1) is 41.5. The molecular weight excluding hydrogens is 1060 g/mol. The van der Waals surface area contributed by atoms with Crippen LogP contribution in [0, 0.1) is 0 Å². The van der Waals surface area contributed by atoms with Gasteiger partial charge in [0.1, 0.15) is 23.0 Å². The second-order valence-corrected chi connectivity index (χ2v) is 20.1. The second-order valence-electron chi connectivity index (χ2n) is 20.1. The zero-order valence-corrected chi connectivity index (χ0v) is 46.9. The number of H-pyrrole nitrogens is 2. The Labute approximate surface area is 486 Å². The van der Waals surface area contributed by atoms with E-state index in [-0.39, 0.29) is 0 Å². The Kier molecular flexibility index (Phi) is 21.8. The molecule has 0 aliphatic carbocycles. The van der Waals surface area contributed by atoms with Gasteiger partial charge in [0.25, 0.3) is 0 Å². The van der Waals surface area contributed by atoms with E-state index >= 15 is 0 Å². The van der Waals surface area contributed by atoms with Crippen LogP contribution in [0.25, 0.3) is 133 Å². The molecular formula is C64H66N16O4. The highest BCUT2D eigenvalue weighted by Crippen LogP contribution is 2.40. The summed E-state index contributed by atoms with van der Waals surface area (Å²) in [5.74, 6) is 3.00. The summed E-state index contributed by atoms with van der Waals surface area (Å²) in [5.41, 5.74) is 48.4. The number of rotatable bonds is 32. The summed E-state index contributed by atoms with van der Waals surface area (Å²) in [4.78, 5) is 30.1. The molecule has 0 saturated heterocycles. The maximum atomic E-state index is 8.65. The summed E-state index contributed by atoms with van der Waals surface area (Å²) in [6.45, 7) is 4.07. The lowest BCUT2D eigenvalue weighted by molar-refractivity contribution is 0.305. The molecule has 2 aliphatic rings. The van der Waals surface area contributed by atoms with Crippen molar-refractivity contribution in [2.45, 2.75) is 77.0 Å². The molecule has 20 heteroatoms. The maximum Gasteiger partial charge on any atom is 0.119 e. The Bertz CT molecular complexity index is 3290. The first-order valence-electron chi connectivity index (χ1n) is 28.7. The SMILES string of the molecule is [N-]=[N+]=NCCCCCOc1ccc(-c2c3nc(c(-c4ccc(OCCCCCN=[N+]=[N-])cc4)c4ccc([nH]4)c(-c4ccc(OCCCCCN=[N+]=[N-])cc4)c4nc(c(-c5ccc(OCCCCCN=[N+]=[N-])cc5)c5ccc2[nH]5)C=C4)C=C3)cc1. The van der Waals surface area contributed by atoms with Gasteiger partial charge in [-0.15, -0.1) is 0 Å².